The first-order valence-corrected chi connectivity index (χ1v) is 6.73. The third-order valence-electron chi connectivity index (χ3n) is 3.05. The summed E-state index contributed by atoms with van der Waals surface area (Å²) in [5.41, 5.74) is 8.25. The molecule has 0 unspecified atom stereocenters. The molecule has 0 aromatic heterocycles. The Morgan fingerprint density at radius 3 is 2.11 bits per heavy atom. The summed E-state index contributed by atoms with van der Waals surface area (Å²) in [5, 5.41) is 0. The van der Waals surface area contributed by atoms with Gasteiger partial charge in [0.2, 0.25) is 0 Å². The monoisotopic (exact) mass is 249 g/mol. The number of nitrogens with two attached hydrogens (primary N) is 1. The zero-order valence-corrected chi connectivity index (χ0v) is 12.0. The highest BCUT2D eigenvalue weighted by Gasteiger charge is 2.01. The molecular formula is C15H27N3. The van der Waals surface area contributed by atoms with E-state index in [0.717, 1.165) is 32.6 Å². The van der Waals surface area contributed by atoms with Crippen molar-refractivity contribution < 1.29 is 0 Å². The van der Waals surface area contributed by atoms with E-state index in [-0.39, 0.29) is 0 Å². The van der Waals surface area contributed by atoms with E-state index in [1.165, 1.54) is 17.5 Å². The first-order chi connectivity index (χ1) is 8.61. The van der Waals surface area contributed by atoms with Gasteiger partial charge in [0.15, 0.2) is 0 Å². The molecule has 0 aliphatic rings. The molecule has 0 amide bonds. The summed E-state index contributed by atoms with van der Waals surface area (Å²) in [6.45, 7) is 4.04. The number of hydrogen-bond acceptors (Lipinski definition) is 3. The fourth-order valence-corrected chi connectivity index (χ4v) is 2.03. The molecule has 2 N–H and O–H groups in total. The highest BCUT2D eigenvalue weighted by atomic mass is 15.1. The van der Waals surface area contributed by atoms with Gasteiger partial charge in [-0.1, -0.05) is 24.3 Å². The molecule has 18 heavy (non-hydrogen) atoms. The molecule has 0 aliphatic carbocycles. The topological polar surface area (TPSA) is 32.5 Å². The van der Waals surface area contributed by atoms with Gasteiger partial charge in [-0.25, -0.2) is 0 Å². The van der Waals surface area contributed by atoms with E-state index < -0.39 is 0 Å². The lowest BCUT2D eigenvalue weighted by Gasteiger charge is -2.18. The molecule has 0 radical (unpaired) electrons. The minimum Gasteiger partial charge on any atom is -0.330 e. The van der Waals surface area contributed by atoms with E-state index in [0.29, 0.717) is 0 Å². The molecule has 1 aromatic carbocycles. The minimum absolute atomic E-state index is 0.726. The maximum Gasteiger partial charge on any atom is 0.0230 e. The van der Waals surface area contributed by atoms with Crippen molar-refractivity contribution in [1.29, 1.82) is 0 Å². The molecule has 0 spiro atoms. The van der Waals surface area contributed by atoms with Gasteiger partial charge in [0.1, 0.15) is 0 Å². The second-order valence-corrected chi connectivity index (χ2v) is 5.25. The van der Waals surface area contributed by atoms with Crippen molar-refractivity contribution >= 4 is 0 Å². The maximum atomic E-state index is 5.55. The minimum atomic E-state index is 0.726. The third kappa shape index (κ3) is 6.15. The van der Waals surface area contributed by atoms with Crippen molar-refractivity contribution in [3.8, 4) is 0 Å². The molecule has 0 fully saturated rings. The summed E-state index contributed by atoms with van der Waals surface area (Å²) < 4.78 is 0. The van der Waals surface area contributed by atoms with E-state index in [2.05, 4.69) is 55.2 Å². The van der Waals surface area contributed by atoms with Crippen molar-refractivity contribution in [2.24, 2.45) is 5.73 Å². The van der Waals surface area contributed by atoms with Gasteiger partial charge >= 0.3 is 0 Å². The molecule has 0 bridgehead atoms. The summed E-state index contributed by atoms with van der Waals surface area (Å²) in [5.74, 6) is 0. The van der Waals surface area contributed by atoms with E-state index >= 15 is 0 Å². The predicted octanol–water partition coefficient (Wildman–Crippen LogP) is 1.57. The zero-order valence-electron chi connectivity index (χ0n) is 12.0. The Morgan fingerprint density at radius 1 is 0.944 bits per heavy atom. The van der Waals surface area contributed by atoms with Gasteiger partial charge in [-0.15, -0.1) is 0 Å². The third-order valence-corrected chi connectivity index (χ3v) is 3.05. The summed E-state index contributed by atoms with van der Waals surface area (Å²) in [7, 11) is 6.43. The SMILES string of the molecule is CN(C)CCCN(C)Cc1ccc(CCN)cc1. The molecule has 0 heterocycles. The smallest absolute Gasteiger partial charge is 0.0230 e. The Balaban J connectivity index is 2.32. The standard InChI is InChI=1S/C15H27N3/c1-17(2)11-4-12-18(3)13-15-7-5-14(6-8-15)9-10-16/h5-8H,4,9-13,16H2,1-3H3. The average Bonchev–Trinajstić information content (AvgIpc) is 2.31. The van der Waals surface area contributed by atoms with Crippen molar-refractivity contribution in [3.63, 3.8) is 0 Å². The van der Waals surface area contributed by atoms with Crippen LogP contribution in [0.15, 0.2) is 24.3 Å². The summed E-state index contributed by atoms with van der Waals surface area (Å²) in [6, 6.07) is 8.81. The Morgan fingerprint density at radius 2 is 1.56 bits per heavy atom. The molecule has 102 valence electrons. The Kier molecular flexibility index (Phi) is 6.94. The molecule has 0 atom stereocenters. The summed E-state index contributed by atoms with van der Waals surface area (Å²) >= 11 is 0. The first kappa shape index (κ1) is 15.2. The second-order valence-electron chi connectivity index (χ2n) is 5.25. The Labute approximate surface area is 112 Å². The average molecular weight is 249 g/mol. The van der Waals surface area contributed by atoms with Crippen molar-refractivity contribution in [2.75, 3.05) is 40.8 Å². The Hall–Kier alpha value is -0.900. The normalized spacial score (nSPS) is 11.4. The van der Waals surface area contributed by atoms with Crippen LogP contribution in [0.2, 0.25) is 0 Å². The molecule has 3 heteroatoms. The van der Waals surface area contributed by atoms with E-state index in [9.17, 15) is 0 Å². The molecule has 0 saturated carbocycles. The van der Waals surface area contributed by atoms with Gasteiger partial charge < -0.3 is 15.5 Å². The highest BCUT2D eigenvalue weighted by Crippen LogP contribution is 2.07. The van der Waals surface area contributed by atoms with Gasteiger partial charge in [0, 0.05) is 6.54 Å². The van der Waals surface area contributed by atoms with Crippen LogP contribution in [0.1, 0.15) is 17.5 Å². The number of hydrogen-bond donors (Lipinski definition) is 1. The van der Waals surface area contributed by atoms with Crippen LogP contribution in [0.4, 0.5) is 0 Å². The van der Waals surface area contributed by atoms with Gasteiger partial charge in [-0.2, -0.15) is 0 Å². The van der Waals surface area contributed by atoms with Crippen LogP contribution in [0.5, 0.6) is 0 Å². The number of benzene rings is 1. The molecular weight excluding hydrogens is 222 g/mol. The van der Waals surface area contributed by atoms with Gasteiger partial charge in [0.25, 0.3) is 0 Å². The summed E-state index contributed by atoms with van der Waals surface area (Å²) in [4.78, 5) is 4.61. The van der Waals surface area contributed by atoms with Crippen molar-refractivity contribution in [1.82, 2.24) is 9.80 Å². The predicted molar refractivity (Wildman–Crippen MR) is 78.7 cm³/mol. The zero-order chi connectivity index (χ0) is 13.4. The van der Waals surface area contributed by atoms with E-state index in [1.54, 1.807) is 0 Å². The van der Waals surface area contributed by atoms with Crippen LogP contribution >= 0.6 is 0 Å². The lowest BCUT2D eigenvalue weighted by atomic mass is 10.1. The van der Waals surface area contributed by atoms with Crippen LogP contribution in [-0.2, 0) is 13.0 Å². The van der Waals surface area contributed by atoms with Crippen LogP contribution in [0, 0.1) is 0 Å². The lowest BCUT2D eigenvalue weighted by Crippen LogP contribution is -2.23. The van der Waals surface area contributed by atoms with Crippen LogP contribution < -0.4 is 5.73 Å². The molecule has 1 aromatic rings. The van der Waals surface area contributed by atoms with Gasteiger partial charge in [0.05, 0.1) is 0 Å². The fraction of sp³-hybridized carbons (Fsp3) is 0.600. The second kappa shape index (κ2) is 8.25. The molecule has 0 saturated heterocycles. The first-order valence-electron chi connectivity index (χ1n) is 6.73. The fourth-order valence-electron chi connectivity index (χ4n) is 2.03. The number of rotatable bonds is 8. The Bertz CT molecular complexity index is 319. The van der Waals surface area contributed by atoms with Crippen molar-refractivity contribution in [3.05, 3.63) is 35.4 Å². The number of nitrogens with zero attached hydrogens (tertiary/aromatic N) is 2. The molecule has 1 rings (SSSR count). The largest absolute Gasteiger partial charge is 0.330 e. The van der Waals surface area contributed by atoms with E-state index in [4.69, 9.17) is 5.73 Å². The van der Waals surface area contributed by atoms with Gasteiger partial charge in [-0.3, -0.25) is 0 Å². The quantitative estimate of drug-likeness (QED) is 0.759. The van der Waals surface area contributed by atoms with Gasteiger partial charge in [-0.05, 0) is 64.7 Å². The van der Waals surface area contributed by atoms with Crippen LogP contribution in [0.3, 0.4) is 0 Å². The summed E-state index contributed by atoms with van der Waals surface area (Å²) in [6.07, 6.45) is 2.19. The molecule has 0 aliphatic heterocycles. The van der Waals surface area contributed by atoms with Crippen LogP contribution in [-0.4, -0.2) is 50.6 Å². The maximum absolute atomic E-state index is 5.55. The van der Waals surface area contributed by atoms with Crippen molar-refractivity contribution in [2.45, 2.75) is 19.4 Å². The molecule has 3 nitrogen and oxygen atoms in total. The highest BCUT2D eigenvalue weighted by molar-refractivity contribution is 5.22. The lowest BCUT2D eigenvalue weighted by molar-refractivity contribution is 0.294. The van der Waals surface area contributed by atoms with Crippen LogP contribution in [0.25, 0.3) is 0 Å². The van der Waals surface area contributed by atoms with E-state index in [1.807, 2.05) is 0 Å².